The van der Waals surface area contributed by atoms with E-state index in [2.05, 4.69) is 4.98 Å². The van der Waals surface area contributed by atoms with Gasteiger partial charge in [-0.05, 0) is 13.0 Å². The number of aromatic nitrogens is 1. The molecule has 1 amide bonds. The van der Waals surface area contributed by atoms with E-state index < -0.39 is 12.3 Å². The van der Waals surface area contributed by atoms with Crippen LogP contribution in [0.15, 0.2) is 30.3 Å². The highest BCUT2D eigenvalue weighted by molar-refractivity contribution is 7.21. The third-order valence-corrected chi connectivity index (χ3v) is 4.65. The van der Waals surface area contributed by atoms with Gasteiger partial charge in [0.1, 0.15) is 9.71 Å². The van der Waals surface area contributed by atoms with Crippen LogP contribution in [0.25, 0.3) is 21.5 Å². The number of rotatable bonds is 3. The first-order valence-corrected chi connectivity index (χ1v) is 7.58. The van der Waals surface area contributed by atoms with Crippen LogP contribution in [0.5, 0.6) is 0 Å². The molecule has 1 aromatic carbocycles. The predicted octanol–water partition coefficient (Wildman–Crippen LogP) is 3.89. The van der Waals surface area contributed by atoms with Gasteiger partial charge in [0.15, 0.2) is 0 Å². The fourth-order valence-electron chi connectivity index (χ4n) is 2.38. The number of nitrogens with two attached hydrogens (primary N) is 2. The van der Waals surface area contributed by atoms with Crippen LogP contribution in [-0.4, -0.2) is 10.9 Å². The second kappa shape index (κ2) is 5.58. The van der Waals surface area contributed by atoms with Crippen molar-refractivity contribution in [2.75, 3.05) is 5.73 Å². The van der Waals surface area contributed by atoms with Crippen molar-refractivity contribution in [2.24, 2.45) is 5.73 Å². The van der Waals surface area contributed by atoms with Gasteiger partial charge in [0.2, 0.25) is 0 Å². The van der Waals surface area contributed by atoms with Crippen molar-refractivity contribution >= 4 is 33.1 Å². The molecule has 0 unspecified atom stereocenters. The molecule has 4 N–H and O–H groups in total. The van der Waals surface area contributed by atoms with Gasteiger partial charge in [0, 0.05) is 16.5 Å². The van der Waals surface area contributed by atoms with Crippen molar-refractivity contribution in [3.05, 3.63) is 46.3 Å². The minimum absolute atomic E-state index is 0.0317. The number of nitrogen functional groups attached to an aromatic ring is 1. The Morgan fingerprint density at radius 3 is 2.48 bits per heavy atom. The molecule has 0 saturated heterocycles. The lowest BCUT2D eigenvalue weighted by atomic mass is 10.0. The van der Waals surface area contributed by atoms with E-state index in [1.165, 1.54) is 6.07 Å². The van der Waals surface area contributed by atoms with Crippen molar-refractivity contribution in [1.82, 2.24) is 4.98 Å². The molecule has 3 aromatic rings. The van der Waals surface area contributed by atoms with E-state index in [9.17, 15) is 13.6 Å². The van der Waals surface area contributed by atoms with E-state index in [0.717, 1.165) is 16.9 Å². The number of carbonyl (C=O) groups is 1. The average molecular weight is 333 g/mol. The SMILES string of the molecule is Cc1ccc(-c2cc(C(F)F)c3c(N)c(C(N)=O)sc3n2)cc1. The molecule has 0 aliphatic rings. The number of amides is 1. The highest BCUT2D eigenvalue weighted by atomic mass is 32.1. The quantitative estimate of drug-likeness (QED) is 0.763. The molecule has 0 radical (unpaired) electrons. The lowest BCUT2D eigenvalue weighted by Gasteiger charge is -2.07. The molecule has 0 saturated carbocycles. The molecule has 2 aromatic heterocycles. The number of carbonyl (C=O) groups excluding carboxylic acids is 1. The lowest BCUT2D eigenvalue weighted by molar-refractivity contribution is 0.100. The van der Waals surface area contributed by atoms with E-state index in [1.807, 2.05) is 31.2 Å². The van der Waals surface area contributed by atoms with Crippen LogP contribution in [0, 0.1) is 6.92 Å². The molecule has 0 spiro atoms. The molecule has 0 atom stereocenters. The number of primary amides is 1. The first-order valence-electron chi connectivity index (χ1n) is 6.76. The summed E-state index contributed by atoms with van der Waals surface area (Å²) in [4.78, 5) is 16.1. The highest BCUT2D eigenvalue weighted by Crippen LogP contribution is 2.40. The number of anilines is 1. The van der Waals surface area contributed by atoms with Crippen molar-refractivity contribution in [3.63, 3.8) is 0 Å². The Bertz CT molecular complexity index is 904. The second-order valence-electron chi connectivity index (χ2n) is 5.15. The molecule has 0 aliphatic carbocycles. The zero-order valence-corrected chi connectivity index (χ0v) is 13.0. The lowest BCUT2D eigenvalue weighted by Crippen LogP contribution is -2.10. The van der Waals surface area contributed by atoms with E-state index in [1.54, 1.807) is 0 Å². The first-order chi connectivity index (χ1) is 10.9. The molecule has 2 heterocycles. The van der Waals surface area contributed by atoms with Crippen molar-refractivity contribution in [3.8, 4) is 11.3 Å². The number of halogens is 2. The van der Waals surface area contributed by atoms with E-state index in [-0.39, 0.29) is 26.3 Å². The average Bonchev–Trinajstić information content (AvgIpc) is 2.84. The fraction of sp³-hybridized carbons (Fsp3) is 0.125. The van der Waals surface area contributed by atoms with Gasteiger partial charge in [-0.1, -0.05) is 29.8 Å². The van der Waals surface area contributed by atoms with Crippen LogP contribution in [0.1, 0.15) is 27.2 Å². The minimum Gasteiger partial charge on any atom is -0.397 e. The summed E-state index contributed by atoms with van der Waals surface area (Å²) in [6.07, 6.45) is -2.73. The van der Waals surface area contributed by atoms with E-state index >= 15 is 0 Å². The Morgan fingerprint density at radius 2 is 1.91 bits per heavy atom. The Kier molecular flexibility index (Phi) is 3.73. The minimum atomic E-state index is -2.73. The number of benzene rings is 1. The monoisotopic (exact) mass is 333 g/mol. The van der Waals surface area contributed by atoms with Gasteiger partial charge < -0.3 is 11.5 Å². The summed E-state index contributed by atoms with van der Waals surface area (Å²) in [6.45, 7) is 1.93. The van der Waals surface area contributed by atoms with Gasteiger partial charge >= 0.3 is 0 Å². The van der Waals surface area contributed by atoms with Gasteiger partial charge in [-0.15, -0.1) is 11.3 Å². The number of thiophene rings is 1. The standard InChI is InChI=1S/C16H13F2N3OS/c1-7-2-4-8(5-3-7)10-6-9(14(17)18)11-12(19)13(15(20)22)23-16(11)21-10/h2-6,14H,19H2,1H3,(H2,20,22). The Morgan fingerprint density at radius 1 is 1.26 bits per heavy atom. The maximum Gasteiger partial charge on any atom is 0.264 e. The number of hydrogen-bond donors (Lipinski definition) is 2. The predicted molar refractivity (Wildman–Crippen MR) is 87.7 cm³/mol. The van der Waals surface area contributed by atoms with Crippen LogP contribution in [0.4, 0.5) is 14.5 Å². The topological polar surface area (TPSA) is 82.0 Å². The van der Waals surface area contributed by atoms with Crippen molar-refractivity contribution in [1.29, 1.82) is 0 Å². The van der Waals surface area contributed by atoms with Crippen molar-refractivity contribution < 1.29 is 13.6 Å². The van der Waals surface area contributed by atoms with Gasteiger partial charge in [-0.25, -0.2) is 13.8 Å². The normalized spacial score (nSPS) is 11.3. The highest BCUT2D eigenvalue weighted by Gasteiger charge is 2.23. The summed E-state index contributed by atoms with van der Waals surface area (Å²) >= 11 is 0.932. The molecule has 23 heavy (non-hydrogen) atoms. The summed E-state index contributed by atoms with van der Waals surface area (Å²) in [7, 11) is 0. The van der Waals surface area contributed by atoms with Gasteiger partial charge in [0.25, 0.3) is 12.3 Å². The molecule has 7 heteroatoms. The van der Waals surface area contributed by atoms with E-state index in [4.69, 9.17) is 11.5 Å². The van der Waals surface area contributed by atoms with Crippen molar-refractivity contribution in [2.45, 2.75) is 13.3 Å². The number of fused-ring (bicyclic) bond motifs is 1. The smallest absolute Gasteiger partial charge is 0.264 e. The molecule has 4 nitrogen and oxygen atoms in total. The van der Waals surface area contributed by atoms with Gasteiger partial charge in [-0.3, -0.25) is 4.79 Å². The van der Waals surface area contributed by atoms with Crippen LogP contribution in [0.3, 0.4) is 0 Å². The third-order valence-electron chi connectivity index (χ3n) is 3.54. The number of hydrogen-bond acceptors (Lipinski definition) is 4. The fourth-order valence-corrected chi connectivity index (χ4v) is 3.36. The van der Waals surface area contributed by atoms with E-state index in [0.29, 0.717) is 11.3 Å². The van der Waals surface area contributed by atoms with Crippen LogP contribution >= 0.6 is 11.3 Å². The number of alkyl halides is 2. The first kappa shape index (κ1) is 15.4. The summed E-state index contributed by atoms with van der Waals surface area (Å²) in [5, 5.41) is 0.106. The number of pyridine rings is 1. The number of nitrogens with zero attached hydrogens (tertiary/aromatic N) is 1. The summed E-state index contributed by atoms with van der Waals surface area (Å²) in [5.41, 5.74) is 13.0. The molecular formula is C16H13F2N3OS. The van der Waals surface area contributed by atoms with Crippen LogP contribution in [-0.2, 0) is 0 Å². The maximum atomic E-state index is 13.5. The molecule has 0 bridgehead atoms. The van der Waals surface area contributed by atoms with Gasteiger partial charge in [0.05, 0.1) is 11.4 Å². The Hall–Kier alpha value is -2.54. The molecule has 118 valence electrons. The molecule has 3 rings (SSSR count). The molecular weight excluding hydrogens is 320 g/mol. The maximum absolute atomic E-state index is 13.5. The third kappa shape index (κ3) is 2.63. The summed E-state index contributed by atoms with van der Waals surface area (Å²) in [6, 6.07) is 8.68. The van der Waals surface area contributed by atoms with Gasteiger partial charge in [-0.2, -0.15) is 0 Å². The molecule has 0 fully saturated rings. The number of aryl methyl sites for hydroxylation is 1. The largest absolute Gasteiger partial charge is 0.397 e. The molecule has 0 aliphatic heterocycles. The zero-order chi connectivity index (χ0) is 16.7. The summed E-state index contributed by atoms with van der Waals surface area (Å²) < 4.78 is 26.9. The summed E-state index contributed by atoms with van der Waals surface area (Å²) in [5.74, 6) is -0.748. The Labute approximate surface area is 134 Å². The van der Waals surface area contributed by atoms with Crippen LogP contribution < -0.4 is 11.5 Å². The zero-order valence-electron chi connectivity index (χ0n) is 12.1. The van der Waals surface area contributed by atoms with Crippen LogP contribution in [0.2, 0.25) is 0 Å². The Balaban J connectivity index is 2.30. The second-order valence-corrected chi connectivity index (χ2v) is 6.15.